The molecule has 0 aliphatic carbocycles. The van der Waals surface area contributed by atoms with E-state index in [2.05, 4.69) is 45.2 Å². The molecule has 0 bridgehead atoms. The molecule has 0 fully saturated rings. The number of halogens is 2. The van der Waals surface area contributed by atoms with Gasteiger partial charge in [-0.2, -0.15) is 0 Å². The van der Waals surface area contributed by atoms with Crippen molar-refractivity contribution in [1.29, 1.82) is 0 Å². The van der Waals surface area contributed by atoms with Gasteiger partial charge in [0.05, 0.1) is 34.9 Å². The summed E-state index contributed by atoms with van der Waals surface area (Å²) in [5.74, 6) is 0. The number of benzene rings is 4. The van der Waals surface area contributed by atoms with Gasteiger partial charge in [0.15, 0.2) is 10.3 Å². The summed E-state index contributed by atoms with van der Waals surface area (Å²) < 4.78 is 5.36. The molecule has 0 amide bonds. The number of hydrogen-bond donors (Lipinski definition) is 0. The molecule has 0 radical (unpaired) electrons. The van der Waals surface area contributed by atoms with E-state index in [1.807, 2.05) is 97.1 Å². The van der Waals surface area contributed by atoms with Crippen molar-refractivity contribution in [3.8, 4) is 0 Å². The molecular formula is C30H20I2N4O2S2. The smallest absolute Gasteiger partial charge is 0.262 e. The van der Waals surface area contributed by atoms with Crippen LogP contribution in [0.15, 0.2) is 117 Å². The van der Waals surface area contributed by atoms with Crippen LogP contribution < -0.4 is 11.1 Å². The molecule has 6 nitrogen and oxygen atoms in total. The van der Waals surface area contributed by atoms with Crippen LogP contribution in [0, 0.1) is 7.14 Å². The summed E-state index contributed by atoms with van der Waals surface area (Å²) >= 11 is 4.42. The second kappa shape index (κ2) is 12.0. The summed E-state index contributed by atoms with van der Waals surface area (Å²) in [6.45, 7) is 0.773. The minimum absolute atomic E-state index is 0.0989. The lowest BCUT2D eigenvalue weighted by molar-refractivity contribution is 0.657. The molecule has 0 atom stereocenters. The van der Waals surface area contributed by atoms with Gasteiger partial charge >= 0.3 is 0 Å². The summed E-state index contributed by atoms with van der Waals surface area (Å²) in [6.07, 6.45) is 0. The van der Waals surface area contributed by atoms with Gasteiger partial charge in [-0.15, -0.1) is 0 Å². The molecule has 2 heterocycles. The standard InChI is InChI=1S/C30H20I2N4O2S2/c31-21-11-13-25-23(15-21)27(37)35(17-19-7-3-1-4-8-19)29(33-25)39-40-30-34-26-14-12-22(32)16-24(26)28(38)36(30)18-20-9-5-2-6-10-20/h1-16H,17-18H2. The summed E-state index contributed by atoms with van der Waals surface area (Å²) in [5, 5.41) is 2.26. The van der Waals surface area contributed by atoms with E-state index in [0.29, 0.717) is 45.2 Å². The highest BCUT2D eigenvalue weighted by Gasteiger charge is 2.17. The molecule has 0 saturated heterocycles. The van der Waals surface area contributed by atoms with Crippen molar-refractivity contribution in [1.82, 2.24) is 19.1 Å². The third kappa shape index (κ3) is 5.85. The fourth-order valence-electron chi connectivity index (χ4n) is 4.36. The Hall–Kier alpha value is -2.68. The van der Waals surface area contributed by atoms with E-state index in [4.69, 9.17) is 9.97 Å². The molecule has 6 aromatic rings. The molecule has 40 heavy (non-hydrogen) atoms. The fraction of sp³-hybridized carbons (Fsp3) is 0.0667. The van der Waals surface area contributed by atoms with E-state index < -0.39 is 0 Å². The summed E-state index contributed by atoms with van der Waals surface area (Å²) in [7, 11) is 2.68. The first-order valence-corrected chi connectivity index (χ1v) is 16.6. The molecule has 0 unspecified atom stereocenters. The second-order valence-corrected chi connectivity index (χ2v) is 13.6. The monoisotopic (exact) mass is 786 g/mol. The van der Waals surface area contributed by atoms with Crippen LogP contribution in [0.2, 0.25) is 0 Å². The van der Waals surface area contributed by atoms with Gasteiger partial charge in [-0.3, -0.25) is 18.7 Å². The molecule has 0 aliphatic rings. The largest absolute Gasteiger partial charge is 0.282 e. The molecule has 0 N–H and O–H groups in total. The SMILES string of the molecule is O=c1c2cc(I)ccc2nc(SSc2nc3ccc(I)cc3c(=O)n2Cc2ccccc2)n1Cc1ccccc1. The highest BCUT2D eigenvalue weighted by atomic mass is 127. The molecule has 10 heteroatoms. The highest BCUT2D eigenvalue weighted by molar-refractivity contribution is 14.1. The molecule has 2 aromatic heterocycles. The van der Waals surface area contributed by atoms with Crippen LogP contribution in [0.4, 0.5) is 0 Å². The Morgan fingerprint density at radius 3 is 1.38 bits per heavy atom. The molecule has 0 saturated carbocycles. The van der Waals surface area contributed by atoms with Crippen LogP contribution in [-0.4, -0.2) is 19.1 Å². The van der Waals surface area contributed by atoms with Gasteiger partial charge < -0.3 is 0 Å². The van der Waals surface area contributed by atoms with Gasteiger partial charge in [0, 0.05) is 7.14 Å². The van der Waals surface area contributed by atoms with Crippen molar-refractivity contribution in [2.24, 2.45) is 0 Å². The fourth-order valence-corrected chi connectivity index (χ4v) is 7.45. The van der Waals surface area contributed by atoms with Crippen LogP contribution in [0.1, 0.15) is 11.1 Å². The van der Waals surface area contributed by atoms with E-state index in [1.54, 1.807) is 9.13 Å². The average molecular weight is 786 g/mol. The van der Waals surface area contributed by atoms with Gasteiger partial charge in [0.25, 0.3) is 11.1 Å². The molecule has 6 rings (SSSR count). The third-order valence-corrected chi connectivity index (χ3v) is 9.81. The first kappa shape index (κ1) is 27.5. The summed E-state index contributed by atoms with van der Waals surface area (Å²) in [4.78, 5) is 37.2. The van der Waals surface area contributed by atoms with Crippen molar-refractivity contribution in [2.45, 2.75) is 23.4 Å². The van der Waals surface area contributed by atoms with Gasteiger partial charge in [0.1, 0.15) is 0 Å². The van der Waals surface area contributed by atoms with Gasteiger partial charge in [-0.05, 0) is 114 Å². The number of nitrogens with zero attached hydrogens (tertiary/aromatic N) is 4. The third-order valence-electron chi connectivity index (χ3n) is 6.32. The van der Waals surface area contributed by atoms with Crippen LogP contribution in [0.25, 0.3) is 21.8 Å². The number of hydrogen-bond acceptors (Lipinski definition) is 6. The Labute approximate surface area is 264 Å². The number of rotatable bonds is 7. The van der Waals surface area contributed by atoms with Crippen molar-refractivity contribution in [3.63, 3.8) is 0 Å². The predicted molar refractivity (Wildman–Crippen MR) is 180 cm³/mol. The number of fused-ring (bicyclic) bond motifs is 2. The van der Waals surface area contributed by atoms with Crippen LogP contribution in [0.5, 0.6) is 0 Å². The Morgan fingerprint density at radius 1 is 0.575 bits per heavy atom. The van der Waals surface area contributed by atoms with Crippen molar-refractivity contribution in [3.05, 3.63) is 136 Å². The van der Waals surface area contributed by atoms with Gasteiger partial charge in [0.2, 0.25) is 0 Å². The molecule has 0 spiro atoms. The van der Waals surface area contributed by atoms with E-state index in [9.17, 15) is 9.59 Å². The lowest BCUT2D eigenvalue weighted by Crippen LogP contribution is -2.25. The van der Waals surface area contributed by atoms with Crippen LogP contribution >= 0.6 is 66.8 Å². The molecule has 0 aliphatic heterocycles. The highest BCUT2D eigenvalue weighted by Crippen LogP contribution is 2.36. The quantitative estimate of drug-likeness (QED) is 0.0969. The zero-order chi connectivity index (χ0) is 27.6. The first-order chi connectivity index (χ1) is 19.5. The Bertz CT molecular complexity index is 1840. The summed E-state index contributed by atoms with van der Waals surface area (Å²) in [5.41, 5.74) is 3.09. The lowest BCUT2D eigenvalue weighted by Gasteiger charge is -2.15. The maximum Gasteiger partial charge on any atom is 0.262 e. The molecule has 198 valence electrons. The molecule has 4 aromatic carbocycles. The van der Waals surface area contributed by atoms with Gasteiger partial charge in [-0.25, -0.2) is 9.97 Å². The van der Waals surface area contributed by atoms with Crippen LogP contribution in [0.3, 0.4) is 0 Å². The normalized spacial score (nSPS) is 11.3. The maximum atomic E-state index is 13.7. The van der Waals surface area contributed by atoms with E-state index in [-0.39, 0.29) is 11.1 Å². The summed E-state index contributed by atoms with van der Waals surface area (Å²) in [6, 6.07) is 31.1. The van der Waals surface area contributed by atoms with E-state index >= 15 is 0 Å². The van der Waals surface area contributed by atoms with E-state index in [1.165, 1.54) is 21.6 Å². The predicted octanol–water partition coefficient (Wildman–Crippen LogP) is 7.21. The number of aromatic nitrogens is 4. The van der Waals surface area contributed by atoms with Crippen molar-refractivity contribution < 1.29 is 0 Å². The zero-order valence-corrected chi connectivity index (χ0v) is 26.8. The Balaban J connectivity index is 1.45. The van der Waals surface area contributed by atoms with Gasteiger partial charge in [-0.1, -0.05) is 60.7 Å². The molecular weight excluding hydrogens is 766 g/mol. The van der Waals surface area contributed by atoms with Crippen molar-refractivity contribution >= 4 is 88.6 Å². The minimum atomic E-state index is -0.0989. The second-order valence-electron chi connectivity index (χ2n) is 9.03. The van der Waals surface area contributed by atoms with Crippen molar-refractivity contribution in [2.75, 3.05) is 0 Å². The minimum Gasteiger partial charge on any atom is -0.282 e. The topological polar surface area (TPSA) is 69.8 Å². The zero-order valence-electron chi connectivity index (χ0n) is 20.8. The maximum absolute atomic E-state index is 13.7. The average Bonchev–Trinajstić information content (AvgIpc) is 2.97. The van der Waals surface area contributed by atoms with E-state index in [0.717, 1.165) is 18.3 Å². The lowest BCUT2D eigenvalue weighted by atomic mass is 10.2. The first-order valence-electron chi connectivity index (χ1n) is 12.3. The van der Waals surface area contributed by atoms with Crippen LogP contribution in [-0.2, 0) is 13.1 Å². The Morgan fingerprint density at radius 2 is 0.975 bits per heavy atom. The Kier molecular flexibility index (Phi) is 8.28.